The van der Waals surface area contributed by atoms with Crippen LogP contribution in [0.1, 0.15) is 36.0 Å². The standard InChI is InChI=1S/C23H26N6O/c1-27-12-16-9-18(30-2)6-7-19(16)29-21(13-27)25-26-22(29)17-10-23(11-17)14-28(15-23)20-5-3-4-8-24-20/h3-9,17H,10-15H2,1-2H3. The summed E-state index contributed by atoms with van der Waals surface area (Å²) in [6.07, 6.45) is 4.23. The number of nitrogens with zero attached hydrogens (tertiary/aromatic N) is 6. The number of hydrogen-bond acceptors (Lipinski definition) is 6. The Morgan fingerprint density at radius 1 is 1.07 bits per heavy atom. The number of aromatic nitrogens is 4. The molecule has 0 bridgehead atoms. The van der Waals surface area contributed by atoms with Crippen molar-refractivity contribution in [2.45, 2.75) is 31.8 Å². The molecule has 1 aromatic carbocycles. The third kappa shape index (κ3) is 2.72. The van der Waals surface area contributed by atoms with Gasteiger partial charge in [-0.15, -0.1) is 10.2 Å². The Bertz CT molecular complexity index is 1080. The Kier molecular flexibility index (Phi) is 3.90. The summed E-state index contributed by atoms with van der Waals surface area (Å²) >= 11 is 0. The second kappa shape index (κ2) is 6.54. The van der Waals surface area contributed by atoms with Gasteiger partial charge in [0.1, 0.15) is 17.4 Å². The molecule has 0 amide bonds. The molecule has 1 aliphatic carbocycles. The molecule has 7 heteroatoms. The van der Waals surface area contributed by atoms with E-state index in [0.717, 1.165) is 49.4 Å². The second-order valence-electron chi connectivity index (χ2n) is 9.13. The van der Waals surface area contributed by atoms with Gasteiger partial charge in [-0.2, -0.15) is 0 Å². The molecule has 3 aliphatic rings. The zero-order valence-corrected chi connectivity index (χ0v) is 17.5. The fourth-order valence-corrected chi connectivity index (χ4v) is 5.47. The lowest BCUT2D eigenvalue weighted by atomic mass is 9.57. The van der Waals surface area contributed by atoms with Crippen LogP contribution in [-0.2, 0) is 13.1 Å². The predicted molar refractivity (Wildman–Crippen MR) is 114 cm³/mol. The highest BCUT2D eigenvalue weighted by Crippen LogP contribution is 2.56. The highest BCUT2D eigenvalue weighted by atomic mass is 16.5. The van der Waals surface area contributed by atoms with Crippen LogP contribution in [0.5, 0.6) is 5.75 Å². The molecule has 0 radical (unpaired) electrons. The molecule has 2 aromatic heterocycles. The van der Waals surface area contributed by atoms with E-state index in [1.165, 1.54) is 24.1 Å². The van der Waals surface area contributed by atoms with Crippen molar-refractivity contribution < 1.29 is 4.74 Å². The van der Waals surface area contributed by atoms with Crippen molar-refractivity contribution in [1.29, 1.82) is 0 Å². The minimum absolute atomic E-state index is 0.416. The molecule has 2 fully saturated rings. The number of ether oxygens (including phenoxy) is 1. The van der Waals surface area contributed by atoms with Gasteiger partial charge in [0.05, 0.1) is 19.3 Å². The van der Waals surface area contributed by atoms with Gasteiger partial charge in [0.2, 0.25) is 0 Å². The van der Waals surface area contributed by atoms with Crippen molar-refractivity contribution in [3.63, 3.8) is 0 Å². The zero-order chi connectivity index (χ0) is 20.3. The fraction of sp³-hybridized carbons (Fsp3) is 0.435. The molecule has 2 aliphatic heterocycles. The first-order valence-corrected chi connectivity index (χ1v) is 10.6. The molecule has 0 unspecified atom stereocenters. The van der Waals surface area contributed by atoms with Gasteiger partial charge in [0.25, 0.3) is 0 Å². The quantitative estimate of drug-likeness (QED) is 0.671. The van der Waals surface area contributed by atoms with E-state index >= 15 is 0 Å². The third-order valence-corrected chi connectivity index (χ3v) is 6.88. The van der Waals surface area contributed by atoms with Crippen LogP contribution in [0.15, 0.2) is 42.6 Å². The molecular weight excluding hydrogens is 376 g/mol. The number of anilines is 1. The summed E-state index contributed by atoms with van der Waals surface area (Å²) in [7, 11) is 3.85. The van der Waals surface area contributed by atoms with E-state index in [0.29, 0.717) is 11.3 Å². The van der Waals surface area contributed by atoms with E-state index in [-0.39, 0.29) is 0 Å². The van der Waals surface area contributed by atoms with Gasteiger partial charge in [-0.25, -0.2) is 4.98 Å². The Labute approximate surface area is 176 Å². The van der Waals surface area contributed by atoms with Crippen molar-refractivity contribution in [1.82, 2.24) is 24.6 Å². The highest BCUT2D eigenvalue weighted by molar-refractivity contribution is 5.49. The van der Waals surface area contributed by atoms with Crippen molar-refractivity contribution in [2.75, 3.05) is 32.1 Å². The summed E-state index contributed by atoms with van der Waals surface area (Å²) in [4.78, 5) is 9.16. The zero-order valence-electron chi connectivity index (χ0n) is 17.5. The summed E-state index contributed by atoms with van der Waals surface area (Å²) in [5.74, 6) is 4.60. The minimum atomic E-state index is 0.416. The van der Waals surface area contributed by atoms with Crippen molar-refractivity contribution in [3.05, 3.63) is 59.8 Å². The largest absolute Gasteiger partial charge is 0.497 e. The van der Waals surface area contributed by atoms with Crippen LogP contribution in [0.3, 0.4) is 0 Å². The fourth-order valence-electron chi connectivity index (χ4n) is 5.47. The molecule has 1 saturated carbocycles. The van der Waals surface area contributed by atoms with Crippen molar-refractivity contribution in [2.24, 2.45) is 5.41 Å². The lowest BCUT2D eigenvalue weighted by Gasteiger charge is -2.59. The van der Waals surface area contributed by atoms with Crippen LogP contribution >= 0.6 is 0 Å². The van der Waals surface area contributed by atoms with Crippen molar-refractivity contribution >= 4 is 5.82 Å². The van der Waals surface area contributed by atoms with E-state index < -0.39 is 0 Å². The molecule has 4 heterocycles. The molecule has 0 N–H and O–H groups in total. The number of pyridine rings is 1. The molecule has 6 rings (SSSR count). The number of rotatable bonds is 3. The Hall–Kier alpha value is -2.93. The summed E-state index contributed by atoms with van der Waals surface area (Å²) in [5, 5.41) is 9.25. The number of methoxy groups -OCH3 is 1. The van der Waals surface area contributed by atoms with Crippen LogP contribution in [0, 0.1) is 5.41 Å². The molecule has 7 nitrogen and oxygen atoms in total. The molecule has 1 spiro atoms. The van der Waals surface area contributed by atoms with E-state index in [1.807, 2.05) is 18.3 Å². The third-order valence-electron chi connectivity index (χ3n) is 6.88. The predicted octanol–water partition coefficient (Wildman–Crippen LogP) is 3.00. The minimum Gasteiger partial charge on any atom is -0.497 e. The van der Waals surface area contributed by atoms with Gasteiger partial charge in [0, 0.05) is 37.2 Å². The normalized spacial score (nSPS) is 20.1. The maximum absolute atomic E-state index is 5.46. The monoisotopic (exact) mass is 402 g/mol. The maximum atomic E-state index is 5.46. The number of fused-ring (bicyclic) bond motifs is 3. The van der Waals surface area contributed by atoms with Crippen LogP contribution in [0.4, 0.5) is 5.82 Å². The van der Waals surface area contributed by atoms with Gasteiger partial charge >= 0.3 is 0 Å². The van der Waals surface area contributed by atoms with E-state index in [4.69, 9.17) is 4.74 Å². The van der Waals surface area contributed by atoms with Gasteiger partial charge in [-0.1, -0.05) is 6.07 Å². The van der Waals surface area contributed by atoms with Crippen molar-refractivity contribution in [3.8, 4) is 11.4 Å². The Morgan fingerprint density at radius 3 is 2.70 bits per heavy atom. The lowest BCUT2D eigenvalue weighted by Crippen LogP contribution is -2.62. The molecule has 1 saturated heterocycles. The van der Waals surface area contributed by atoms with Crippen LogP contribution in [0.25, 0.3) is 5.69 Å². The highest BCUT2D eigenvalue weighted by Gasteiger charge is 2.54. The Morgan fingerprint density at radius 2 is 1.93 bits per heavy atom. The number of hydrogen-bond donors (Lipinski definition) is 0. The molecule has 30 heavy (non-hydrogen) atoms. The van der Waals surface area contributed by atoms with Gasteiger partial charge in [-0.3, -0.25) is 9.47 Å². The lowest BCUT2D eigenvalue weighted by molar-refractivity contribution is 0.0581. The average Bonchev–Trinajstić information content (AvgIpc) is 3.03. The second-order valence-corrected chi connectivity index (χ2v) is 9.13. The summed E-state index contributed by atoms with van der Waals surface area (Å²) in [6, 6.07) is 12.5. The summed E-state index contributed by atoms with van der Waals surface area (Å²) < 4.78 is 7.77. The molecule has 3 aromatic rings. The average molecular weight is 403 g/mol. The summed E-state index contributed by atoms with van der Waals surface area (Å²) in [6.45, 7) is 3.87. The van der Waals surface area contributed by atoms with Crippen LogP contribution in [-0.4, -0.2) is 51.9 Å². The maximum Gasteiger partial charge on any atom is 0.151 e. The molecular formula is C23H26N6O. The first-order chi connectivity index (χ1) is 14.6. The smallest absolute Gasteiger partial charge is 0.151 e. The van der Waals surface area contributed by atoms with E-state index in [2.05, 4.69) is 60.9 Å². The number of benzene rings is 1. The van der Waals surface area contributed by atoms with Gasteiger partial charge in [-0.05, 0) is 55.8 Å². The SMILES string of the molecule is COc1ccc2c(c1)CN(C)Cc1nnc(C3CC4(C3)CN(c3ccccn3)C4)n1-2. The first-order valence-electron chi connectivity index (χ1n) is 10.6. The van der Waals surface area contributed by atoms with E-state index in [9.17, 15) is 0 Å². The van der Waals surface area contributed by atoms with Crippen LogP contribution in [0.2, 0.25) is 0 Å². The first kappa shape index (κ1) is 17.9. The topological polar surface area (TPSA) is 59.3 Å². The Balaban J connectivity index is 1.25. The molecule has 154 valence electrons. The molecule has 0 atom stereocenters. The van der Waals surface area contributed by atoms with E-state index in [1.54, 1.807) is 7.11 Å². The van der Waals surface area contributed by atoms with Gasteiger partial charge in [0.15, 0.2) is 5.82 Å². The van der Waals surface area contributed by atoms with Crippen LogP contribution < -0.4 is 9.64 Å². The summed E-state index contributed by atoms with van der Waals surface area (Å²) in [5.41, 5.74) is 2.87. The van der Waals surface area contributed by atoms with Gasteiger partial charge < -0.3 is 9.64 Å².